The summed E-state index contributed by atoms with van der Waals surface area (Å²) in [5, 5.41) is 2.66. The molecule has 0 spiro atoms. The number of aromatic nitrogens is 2. The summed E-state index contributed by atoms with van der Waals surface area (Å²) in [6.07, 6.45) is 0. The molecule has 5 nitrogen and oxygen atoms in total. The van der Waals surface area contributed by atoms with Gasteiger partial charge in [0.25, 0.3) is 0 Å². The largest absolute Gasteiger partial charge is 0.374 e. The molecule has 0 unspecified atom stereocenters. The van der Waals surface area contributed by atoms with Gasteiger partial charge in [-0.25, -0.2) is 0 Å². The minimum atomic E-state index is -0.343. The third-order valence-electron chi connectivity index (χ3n) is 0.814. The molecule has 1 aromatic heterocycles. The van der Waals surface area contributed by atoms with Crippen LogP contribution in [-0.2, 0) is 4.79 Å². The molecule has 11 heavy (non-hydrogen) atoms. The molecule has 0 saturated heterocycles. The topological polar surface area (TPSA) is 80.9 Å². The number of carbonyl (C=O) groups excluding carboxylic acids is 1. The first-order valence-corrected chi connectivity index (χ1v) is 3.98. The average molecular weight is 193 g/mol. The van der Waals surface area contributed by atoms with E-state index in [1.165, 1.54) is 0 Å². The molecule has 1 aromatic rings. The summed E-state index contributed by atoms with van der Waals surface area (Å²) in [6.45, 7) is 0. The molecule has 0 atom stereocenters. The van der Waals surface area contributed by atoms with Gasteiger partial charge in [0, 0.05) is 11.5 Å². The molecule has 1 rings (SSSR count). The van der Waals surface area contributed by atoms with E-state index in [1.54, 1.807) is 0 Å². The van der Waals surface area contributed by atoms with E-state index in [4.69, 9.17) is 17.3 Å². The number of nitrogen functional groups attached to an aromatic ring is 1. The maximum Gasteiger partial charge on any atom is 0.243 e. The molecule has 0 radical (unpaired) electrons. The minimum absolute atomic E-state index is 0.112. The highest BCUT2D eigenvalue weighted by atomic mass is 35.5. The number of halogens is 1. The molecule has 3 N–H and O–H groups in total. The Kier molecular flexibility index (Phi) is 2.61. The van der Waals surface area contributed by atoms with E-state index in [1.807, 2.05) is 0 Å². The monoisotopic (exact) mass is 192 g/mol. The molecule has 0 aromatic carbocycles. The van der Waals surface area contributed by atoms with E-state index in [-0.39, 0.29) is 17.7 Å². The van der Waals surface area contributed by atoms with Crippen molar-refractivity contribution >= 4 is 40.1 Å². The highest BCUT2D eigenvalue weighted by molar-refractivity contribution is 7.09. The number of hydrogen-bond acceptors (Lipinski definition) is 5. The van der Waals surface area contributed by atoms with Crippen LogP contribution < -0.4 is 11.1 Å². The number of nitrogens with two attached hydrogens (primary N) is 1. The summed E-state index contributed by atoms with van der Waals surface area (Å²) in [5.74, 6) is -0.248. The fourth-order valence-corrected chi connectivity index (χ4v) is 0.905. The summed E-state index contributed by atoms with van der Waals surface area (Å²) in [4.78, 5) is 14.3. The number of amides is 1. The predicted molar refractivity (Wildman–Crippen MR) is 43.7 cm³/mol. The number of nitrogens with zero attached hydrogens (tertiary/aromatic N) is 2. The third-order valence-corrected chi connectivity index (χ3v) is 1.60. The lowest BCUT2D eigenvalue weighted by Crippen LogP contribution is -2.13. The Labute approximate surface area is 71.7 Å². The van der Waals surface area contributed by atoms with Gasteiger partial charge in [0.15, 0.2) is 0 Å². The number of anilines is 2. The fourth-order valence-electron chi connectivity index (χ4n) is 0.444. The second-order valence-corrected chi connectivity index (χ2v) is 2.69. The van der Waals surface area contributed by atoms with Gasteiger partial charge in [0.1, 0.15) is 5.88 Å². The van der Waals surface area contributed by atoms with Crippen molar-refractivity contribution in [3.8, 4) is 0 Å². The van der Waals surface area contributed by atoms with Gasteiger partial charge in [-0.15, -0.1) is 11.6 Å². The van der Waals surface area contributed by atoms with Crippen LogP contribution in [0.3, 0.4) is 0 Å². The predicted octanol–water partition coefficient (Wildman–Crippen LogP) is 0.298. The van der Waals surface area contributed by atoms with Crippen LogP contribution in [0.25, 0.3) is 0 Å². The van der Waals surface area contributed by atoms with Crippen LogP contribution in [0.1, 0.15) is 0 Å². The van der Waals surface area contributed by atoms with Gasteiger partial charge in [-0.05, 0) is 0 Å². The highest BCUT2D eigenvalue weighted by Gasteiger charge is 2.03. The minimum Gasteiger partial charge on any atom is -0.374 e. The van der Waals surface area contributed by atoms with Gasteiger partial charge in [0.05, 0.1) is 0 Å². The zero-order chi connectivity index (χ0) is 8.27. The molecule has 0 saturated carbocycles. The first kappa shape index (κ1) is 8.22. The molecule has 0 bridgehead atoms. The van der Waals surface area contributed by atoms with E-state index < -0.39 is 0 Å². The normalized spacial score (nSPS) is 9.55. The fraction of sp³-hybridized carbons (Fsp3) is 0.250. The second-order valence-electron chi connectivity index (χ2n) is 1.64. The van der Waals surface area contributed by atoms with E-state index in [2.05, 4.69) is 14.7 Å². The molecule has 1 amide bonds. The van der Waals surface area contributed by atoms with Crippen molar-refractivity contribution in [1.29, 1.82) is 0 Å². The molecular weight excluding hydrogens is 188 g/mol. The van der Waals surface area contributed by atoms with Gasteiger partial charge in [-0.2, -0.15) is 9.36 Å². The van der Waals surface area contributed by atoms with E-state index in [0.29, 0.717) is 5.13 Å². The number of carbonyl (C=O) groups is 1. The van der Waals surface area contributed by atoms with Crippen molar-refractivity contribution in [2.24, 2.45) is 0 Å². The molecule has 0 fully saturated rings. The van der Waals surface area contributed by atoms with Gasteiger partial charge in [-0.3, -0.25) is 10.1 Å². The van der Waals surface area contributed by atoms with E-state index >= 15 is 0 Å². The first-order valence-electron chi connectivity index (χ1n) is 2.67. The summed E-state index contributed by atoms with van der Waals surface area (Å²) in [7, 11) is 0. The zero-order valence-electron chi connectivity index (χ0n) is 5.37. The SMILES string of the molecule is Nc1nc(NC(=O)CCl)ns1. The number of nitrogens with one attached hydrogen (secondary N) is 1. The first-order chi connectivity index (χ1) is 5.22. The molecular formula is C4H5ClN4OS. The van der Waals surface area contributed by atoms with Crippen molar-refractivity contribution < 1.29 is 4.79 Å². The zero-order valence-corrected chi connectivity index (χ0v) is 6.95. The molecule has 0 aliphatic rings. The summed E-state index contributed by atoms with van der Waals surface area (Å²) in [5.41, 5.74) is 5.26. The Balaban J connectivity index is 2.57. The van der Waals surface area contributed by atoms with Crippen molar-refractivity contribution in [2.75, 3.05) is 16.9 Å². The Morgan fingerprint density at radius 1 is 1.82 bits per heavy atom. The third kappa shape index (κ3) is 2.32. The smallest absolute Gasteiger partial charge is 0.243 e. The molecule has 0 aliphatic heterocycles. The highest BCUT2D eigenvalue weighted by Crippen LogP contribution is 2.09. The Bertz CT molecular complexity index is 262. The van der Waals surface area contributed by atoms with Gasteiger partial charge in [0.2, 0.25) is 17.0 Å². The van der Waals surface area contributed by atoms with Crippen LogP contribution in [0.5, 0.6) is 0 Å². The van der Waals surface area contributed by atoms with Crippen molar-refractivity contribution in [1.82, 2.24) is 9.36 Å². The lowest BCUT2D eigenvalue weighted by Gasteiger charge is -1.92. The molecule has 1 heterocycles. The van der Waals surface area contributed by atoms with E-state index in [9.17, 15) is 4.79 Å². The standard InChI is InChI=1S/C4H5ClN4OS/c5-1-2(10)7-4-8-3(6)11-9-4/h1H2,(H3,6,7,8,9,10). The maximum absolute atomic E-state index is 10.6. The summed E-state index contributed by atoms with van der Waals surface area (Å²) < 4.78 is 3.72. The van der Waals surface area contributed by atoms with Crippen molar-refractivity contribution in [3.63, 3.8) is 0 Å². The van der Waals surface area contributed by atoms with Crippen LogP contribution in [0.2, 0.25) is 0 Å². The molecule has 60 valence electrons. The molecule has 0 aliphatic carbocycles. The Morgan fingerprint density at radius 3 is 3.00 bits per heavy atom. The molecule has 7 heteroatoms. The Hall–Kier alpha value is -0.880. The number of rotatable bonds is 2. The van der Waals surface area contributed by atoms with Gasteiger partial charge >= 0.3 is 0 Å². The Morgan fingerprint density at radius 2 is 2.55 bits per heavy atom. The van der Waals surface area contributed by atoms with Crippen molar-refractivity contribution in [3.05, 3.63) is 0 Å². The van der Waals surface area contributed by atoms with E-state index in [0.717, 1.165) is 11.5 Å². The number of alkyl halides is 1. The van der Waals surface area contributed by atoms with Gasteiger partial charge < -0.3 is 5.73 Å². The van der Waals surface area contributed by atoms with Crippen LogP contribution in [-0.4, -0.2) is 21.1 Å². The number of hydrogen-bond donors (Lipinski definition) is 2. The lowest BCUT2D eigenvalue weighted by molar-refractivity contribution is -0.114. The average Bonchev–Trinajstić information content (AvgIpc) is 2.35. The van der Waals surface area contributed by atoms with Crippen LogP contribution in [0.15, 0.2) is 0 Å². The summed E-state index contributed by atoms with van der Waals surface area (Å²) in [6, 6.07) is 0. The van der Waals surface area contributed by atoms with Crippen molar-refractivity contribution in [2.45, 2.75) is 0 Å². The van der Waals surface area contributed by atoms with Crippen LogP contribution in [0, 0.1) is 0 Å². The second kappa shape index (κ2) is 3.49. The quantitative estimate of drug-likeness (QED) is 0.661. The van der Waals surface area contributed by atoms with Gasteiger partial charge in [-0.1, -0.05) is 0 Å². The maximum atomic E-state index is 10.6. The van der Waals surface area contributed by atoms with Crippen LogP contribution in [0.4, 0.5) is 11.1 Å². The lowest BCUT2D eigenvalue weighted by atomic mass is 10.7. The van der Waals surface area contributed by atoms with Crippen LogP contribution >= 0.6 is 23.1 Å². The summed E-state index contributed by atoms with van der Waals surface area (Å²) >= 11 is 6.23.